The molecule has 3 nitrogen and oxygen atoms in total. The van der Waals surface area contributed by atoms with Crippen molar-refractivity contribution in [2.24, 2.45) is 0 Å². The van der Waals surface area contributed by atoms with Crippen LogP contribution in [0.25, 0.3) is 0 Å². The van der Waals surface area contributed by atoms with Crippen LogP contribution in [0.4, 0.5) is 10.1 Å². The van der Waals surface area contributed by atoms with Gasteiger partial charge < -0.3 is 11.1 Å². The topological polar surface area (TPSA) is 55.1 Å². The van der Waals surface area contributed by atoms with E-state index in [-0.39, 0.29) is 17.2 Å². The van der Waals surface area contributed by atoms with E-state index >= 15 is 0 Å². The van der Waals surface area contributed by atoms with E-state index in [9.17, 15) is 9.18 Å². The number of amides is 1. The van der Waals surface area contributed by atoms with E-state index < -0.39 is 5.82 Å². The number of carbonyl (C=O) groups is 1. The minimum atomic E-state index is -0.553. The Labute approximate surface area is 112 Å². The molecule has 1 aromatic carbocycles. The van der Waals surface area contributed by atoms with Crippen LogP contribution in [0.2, 0.25) is 0 Å². The van der Waals surface area contributed by atoms with Gasteiger partial charge in [0.1, 0.15) is 5.82 Å². The van der Waals surface area contributed by atoms with Crippen LogP contribution in [0.3, 0.4) is 0 Å². The number of hydrogen-bond donors (Lipinski definition) is 2. The van der Waals surface area contributed by atoms with E-state index in [0.29, 0.717) is 6.54 Å². The maximum Gasteiger partial charge on any atom is 0.253 e. The molecule has 2 rings (SSSR count). The second kappa shape index (κ2) is 6.36. The summed E-state index contributed by atoms with van der Waals surface area (Å²) in [5.74, 6) is -0.865. The van der Waals surface area contributed by atoms with Gasteiger partial charge >= 0.3 is 0 Å². The zero-order valence-corrected chi connectivity index (χ0v) is 10.9. The summed E-state index contributed by atoms with van der Waals surface area (Å²) < 4.78 is 13.2. The standard InChI is InChI=1S/C15H19FN2O/c16-13-8-4-7-12(14(13)17)15(19)18-10-9-11-5-2-1-3-6-11/h4-5,7-8H,1-3,6,9-10,17H2,(H,18,19). The van der Waals surface area contributed by atoms with Gasteiger partial charge in [0.05, 0.1) is 11.3 Å². The Morgan fingerprint density at radius 3 is 2.95 bits per heavy atom. The Hall–Kier alpha value is -1.84. The van der Waals surface area contributed by atoms with Crippen molar-refractivity contribution in [1.82, 2.24) is 5.32 Å². The summed E-state index contributed by atoms with van der Waals surface area (Å²) in [4.78, 5) is 11.9. The van der Waals surface area contributed by atoms with Crippen molar-refractivity contribution in [2.75, 3.05) is 12.3 Å². The molecule has 19 heavy (non-hydrogen) atoms. The third-order valence-corrected chi connectivity index (χ3v) is 3.41. The summed E-state index contributed by atoms with van der Waals surface area (Å²) in [7, 11) is 0. The van der Waals surface area contributed by atoms with Crippen LogP contribution in [-0.2, 0) is 0 Å². The molecule has 1 aromatic rings. The number of nitrogens with one attached hydrogen (secondary N) is 1. The number of para-hydroxylation sites is 1. The minimum Gasteiger partial charge on any atom is -0.396 e. The number of nitrogen functional groups attached to an aromatic ring is 1. The van der Waals surface area contributed by atoms with Crippen molar-refractivity contribution in [3.8, 4) is 0 Å². The average molecular weight is 262 g/mol. The van der Waals surface area contributed by atoms with E-state index in [1.54, 1.807) is 0 Å². The van der Waals surface area contributed by atoms with E-state index in [4.69, 9.17) is 5.73 Å². The van der Waals surface area contributed by atoms with Crippen LogP contribution in [0.5, 0.6) is 0 Å². The van der Waals surface area contributed by atoms with Gasteiger partial charge in [-0.1, -0.05) is 17.7 Å². The first-order valence-electron chi connectivity index (χ1n) is 6.68. The van der Waals surface area contributed by atoms with Crippen LogP contribution in [0.15, 0.2) is 29.8 Å². The lowest BCUT2D eigenvalue weighted by Crippen LogP contribution is -2.26. The molecule has 1 aliphatic rings. The van der Waals surface area contributed by atoms with Gasteiger partial charge in [-0.2, -0.15) is 0 Å². The minimum absolute atomic E-state index is 0.0862. The third kappa shape index (κ3) is 3.56. The fourth-order valence-electron chi connectivity index (χ4n) is 2.30. The SMILES string of the molecule is Nc1c(F)cccc1C(=O)NCCC1=CCCCC1. The highest BCUT2D eigenvalue weighted by Crippen LogP contribution is 2.20. The predicted molar refractivity (Wildman–Crippen MR) is 74.3 cm³/mol. The zero-order chi connectivity index (χ0) is 13.7. The molecule has 0 aromatic heterocycles. The normalized spacial score (nSPS) is 14.9. The lowest BCUT2D eigenvalue weighted by atomic mass is 9.97. The van der Waals surface area contributed by atoms with E-state index in [1.165, 1.54) is 36.6 Å². The van der Waals surface area contributed by atoms with Crippen LogP contribution < -0.4 is 11.1 Å². The van der Waals surface area contributed by atoms with Gasteiger partial charge in [-0.15, -0.1) is 0 Å². The molecular formula is C15H19FN2O. The van der Waals surface area contributed by atoms with E-state index in [0.717, 1.165) is 19.3 Å². The maximum absolute atomic E-state index is 13.2. The molecule has 3 N–H and O–H groups in total. The lowest BCUT2D eigenvalue weighted by molar-refractivity contribution is 0.0954. The lowest BCUT2D eigenvalue weighted by Gasteiger charge is -2.13. The highest BCUT2D eigenvalue weighted by Gasteiger charge is 2.12. The molecule has 0 spiro atoms. The summed E-state index contributed by atoms with van der Waals surface area (Å²) in [6.45, 7) is 0.570. The fraction of sp³-hybridized carbons (Fsp3) is 0.400. The van der Waals surface area contributed by atoms with Gasteiger partial charge in [-0.25, -0.2) is 4.39 Å². The molecule has 102 valence electrons. The van der Waals surface area contributed by atoms with E-state index in [2.05, 4.69) is 11.4 Å². The van der Waals surface area contributed by atoms with Crippen molar-refractivity contribution < 1.29 is 9.18 Å². The molecule has 0 bridgehead atoms. The van der Waals surface area contributed by atoms with Crippen molar-refractivity contribution in [1.29, 1.82) is 0 Å². The summed E-state index contributed by atoms with van der Waals surface area (Å²) >= 11 is 0. The first kappa shape index (κ1) is 13.6. The summed E-state index contributed by atoms with van der Waals surface area (Å²) in [5, 5.41) is 2.79. The number of hydrogen-bond acceptors (Lipinski definition) is 2. The van der Waals surface area contributed by atoms with Crippen LogP contribution >= 0.6 is 0 Å². The number of allylic oxidation sites excluding steroid dienone is 1. The Morgan fingerprint density at radius 2 is 2.21 bits per heavy atom. The Balaban J connectivity index is 1.87. The second-order valence-corrected chi connectivity index (χ2v) is 4.82. The van der Waals surface area contributed by atoms with E-state index in [1.807, 2.05) is 0 Å². The quantitative estimate of drug-likeness (QED) is 0.647. The average Bonchev–Trinajstić information content (AvgIpc) is 2.43. The van der Waals surface area contributed by atoms with Gasteiger partial charge in [-0.3, -0.25) is 4.79 Å². The Kier molecular flexibility index (Phi) is 4.55. The van der Waals surface area contributed by atoms with Gasteiger partial charge in [0, 0.05) is 6.54 Å². The number of rotatable bonds is 4. The predicted octanol–water partition coefficient (Wildman–Crippen LogP) is 3.03. The fourth-order valence-corrected chi connectivity index (χ4v) is 2.30. The molecule has 0 unspecified atom stereocenters. The van der Waals surface area contributed by atoms with Crippen LogP contribution in [-0.4, -0.2) is 12.5 Å². The molecule has 0 saturated carbocycles. The van der Waals surface area contributed by atoms with Crippen molar-refractivity contribution >= 4 is 11.6 Å². The van der Waals surface area contributed by atoms with Crippen molar-refractivity contribution in [3.05, 3.63) is 41.2 Å². The number of benzene rings is 1. The highest BCUT2D eigenvalue weighted by atomic mass is 19.1. The highest BCUT2D eigenvalue weighted by molar-refractivity contribution is 5.99. The molecule has 0 aliphatic heterocycles. The van der Waals surface area contributed by atoms with Crippen LogP contribution in [0.1, 0.15) is 42.5 Å². The number of nitrogens with two attached hydrogens (primary N) is 1. The second-order valence-electron chi connectivity index (χ2n) is 4.82. The summed E-state index contributed by atoms with van der Waals surface area (Å²) in [5.41, 5.74) is 7.07. The molecule has 0 fully saturated rings. The smallest absolute Gasteiger partial charge is 0.253 e. The van der Waals surface area contributed by atoms with Gasteiger partial charge in [0.15, 0.2) is 0 Å². The van der Waals surface area contributed by atoms with Crippen molar-refractivity contribution in [3.63, 3.8) is 0 Å². The van der Waals surface area contributed by atoms with Crippen LogP contribution in [0, 0.1) is 5.82 Å². The first-order valence-corrected chi connectivity index (χ1v) is 6.68. The molecule has 0 heterocycles. The summed E-state index contributed by atoms with van der Waals surface area (Å²) in [6.07, 6.45) is 7.87. The molecule has 0 radical (unpaired) electrons. The zero-order valence-electron chi connectivity index (χ0n) is 10.9. The van der Waals surface area contributed by atoms with Crippen molar-refractivity contribution in [2.45, 2.75) is 32.1 Å². The maximum atomic E-state index is 13.2. The molecule has 0 atom stereocenters. The number of anilines is 1. The summed E-state index contributed by atoms with van der Waals surface area (Å²) in [6, 6.07) is 4.27. The third-order valence-electron chi connectivity index (χ3n) is 3.41. The number of carbonyl (C=O) groups excluding carboxylic acids is 1. The molecule has 1 amide bonds. The number of halogens is 1. The molecular weight excluding hydrogens is 243 g/mol. The molecule has 4 heteroatoms. The Morgan fingerprint density at radius 1 is 1.37 bits per heavy atom. The monoisotopic (exact) mass is 262 g/mol. The van der Waals surface area contributed by atoms with Gasteiger partial charge in [0.25, 0.3) is 5.91 Å². The van der Waals surface area contributed by atoms with Gasteiger partial charge in [0.2, 0.25) is 0 Å². The Bertz CT molecular complexity index is 497. The molecule has 1 aliphatic carbocycles. The molecule has 0 saturated heterocycles. The largest absolute Gasteiger partial charge is 0.396 e. The van der Waals surface area contributed by atoms with Gasteiger partial charge in [-0.05, 0) is 44.2 Å². The first-order chi connectivity index (χ1) is 9.18.